The van der Waals surface area contributed by atoms with Gasteiger partial charge in [0.25, 0.3) is 5.91 Å². The Morgan fingerprint density at radius 1 is 1.31 bits per heavy atom. The van der Waals surface area contributed by atoms with Crippen molar-refractivity contribution >= 4 is 21.9 Å². The summed E-state index contributed by atoms with van der Waals surface area (Å²) in [5.74, 6) is 0.606. The highest BCUT2D eigenvalue weighted by Crippen LogP contribution is 2.25. The minimum Gasteiger partial charge on any atom is -0.481 e. The molecule has 1 aliphatic heterocycles. The molecule has 1 aromatic carbocycles. The molecule has 0 aliphatic carbocycles. The Hall–Kier alpha value is -2.41. The zero-order valence-electron chi connectivity index (χ0n) is 14.0. The third-order valence-corrected chi connectivity index (χ3v) is 5.49. The van der Waals surface area contributed by atoms with Crippen LogP contribution in [0.3, 0.4) is 0 Å². The molecule has 140 valence electrons. The predicted octanol–water partition coefficient (Wildman–Crippen LogP) is 0.352. The molecule has 0 bridgehead atoms. The van der Waals surface area contributed by atoms with Gasteiger partial charge in [0, 0.05) is 18.8 Å². The monoisotopic (exact) mass is 380 g/mol. The van der Waals surface area contributed by atoms with Crippen LogP contribution in [0.25, 0.3) is 0 Å². The largest absolute Gasteiger partial charge is 0.481 e. The van der Waals surface area contributed by atoms with Gasteiger partial charge in [-0.05, 0) is 31.0 Å². The third kappa shape index (κ3) is 5.05. The van der Waals surface area contributed by atoms with Gasteiger partial charge in [-0.15, -0.1) is 6.42 Å². The number of sulfonamides is 1. The van der Waals surface area contributed by atoms with Gasteiger partial charge >= 0.3 is 5.97 Å². The van der Waals surface area contributed by atoms with Gasteiger partial charge in [0.15, 0.2) is 0 Å². The van der Waals surface area contributed by atoms with Crippen molar-refractivity contribution in [1.82, 2.24) is 10.0 Å². The Labute approximate surface area is 152 Å². The van der Waals surface area contributed by atoms with E-state index in [1.165, 1.54) is 24.3 Å². The molecule has 0 unspecified atom stereocenters. The summed E-state index contributed by atoms with van der Waals surface area (Å²) in [6.07, 6.45) is 5.55. The summed E-state index contributed by atoms with van der Waals surface area (Å²) in [6, 6.07) is 5.47. The lowest BCUT2D eigenvalue weighted by molar-refractivity contribution is -0.139. The standard InChI is InChI=1S/C17H20N2O6S/c1-2-8-18-26(23,24)14-5-3-4-13(11-14)16(22)19-17(12-15(20)21)6-9-25-10-7-17/h1,3-5,11,18H,6-10,12H2,(H,19,22)(H,20,21). The molecule has 0 spiro atoms. The van der Waals surface area contributed by atoms with Gasteiger partial charge in [0.05, 0.1) is 23.4 Å². The molecule has 2 rings (SSSR count). The molecule has 1 aromatic rings. The van der Waals surface area contributed by atoms with E-state index in [1.807, 2.05) is 0 Å². The van der Waals surface area contributed by atoms with Crippen molar-refractivity contribution in [2.75, 3.05) is 19.8 Å². The minimum atomic E-state index is -3.83. The van der Waals surface area contributed by atoms with E-state index in [0.29, 0.717) is 26.1 Å². The van der Waals surface area contributed by atoms with Crippen molar-refractivity contribution in [1.29, 1.82) is 0 Å². The van der Waals surface area contributed by atoms with Gasteiger partial charge in [-0.3, -0.25) is 9.59 Å². The number of terminal acetylenes is 1. The molecule has 1 aliphatic rings. The van der Waals surface area contributed by atoms with Crippen LogP contribution in [0, 0.1) is 12.3 Å². The highest BCUT2D eigenvalue weighted by molar-refractivity contribution is 7.89. The summed E-state index contributed by atoms with van der Waals surface area (Å²) in [5.41, 5.74) is -0.803. The Morgan fingerprint density at radius 3 is 2.62 bits per heavy atom. The normalized spacial score (nSPS) is 16.4. The highest BCUT2D eigenvalue weighted by atomic mass is 32.2. The number of ether oxygens (including phenoxy) is 1. The number of hydrogen-bond acceptors (Lipinski definition) is 5. The van der Waals surface area contributed by atoms with E-state index < -0.39 is 27.4 Å². The Bertz CT molecular complexity index is 822. The zero-order valence-corrected chi connectivity index (χ0v) is 14.8. The molecule has 1 saturated heterocycles. The van der Waals surface area contributed by atoms with Gasteiger partial charge in [-0.2, -0.15) is 4.72 Å². The summed E-state index contributed by atoms with van der Waals surface area (Å²) in [6.45, 7) is 0.524. The van der Waals surface area contributed by atoms with E-state index in [1.54, 1.807) is 0 Å². The van der Waals surface area contributed by atoms with Crippen LogP contribution in [-0.4, -0.2) is 50.7 Å². The lowest BCUT2D eigenvalue weighted by Gasteiger charge is -2.36. The Balaban J connectivity index is 2.22. The maximum Gasteiger partial charge on any atom is 0.305 e. The highest BCUT2D eigenvalue weighted by Gasteiger charge is 2.36. The quantitative estimate of drug-likeness (QED) is 0.587. The lowest BCUT2D eigenvalue weighted by Crippen LogP contribution is -2.53. The molecule has 0 atom stereocenters. The summed E-state index contributed by atoms with van der Waals surface area (Å²) in [5, 5.41) is 11.9. The van der Waals surface area contributed by atoms with Gasteiger partial charge < -0.3 is 15.2 Å². The maximum absolute atomic E-state index is 12.6. The molecular weight excluding hydrogens is 360 g/mol. The van der Waals surface area contributed by atoms with Gasteiger partial charge in [0.1, 0.15) is 0 Å². The fourth-order valence-electron chi connectivity index (χ4n) is 2.74. The van der Waals surface area contributed by atoms with Crippen LogP contribution in [-0.2, 0) is 19.6 Å². The van der Waals surface area contributed by atoms with Crippen molar-refractivity contribution in [3.05, 3.63) is 29.8 Å². The molecular formula is C17H20N2O6S. The van der Waals surface area contributed by atoms with Crippen LogP contribution >= 0.6 is 0 Å². The second-order valence-electron chi connectivity index (χ2n) is 5.97. The fourth-order valence-corrected chi connectivity index (χ4v) is 3.71. The average molecular weight is 380 g/mol. The predicted molar refractivity (Wildman–Crippen MR) is 93.0 cm³/mol. The number of carbonyl (C=O) groups is 2. The summed E-state index contributed by atoms with van der Waals surface area (Å²) < 4.78 is 31.7. The molecule has 1 amide bonds. The van der Waals surface area contributed by atoms with E-state index in [9.17, 15) is 18.0 Å². The molecule has 1 heterocycles. The minimum absolute atomic E-state index is 0.0975. The number of hydrogen-bond donors (Lipinski definition) is 3. The SMILES string of the molecule is C#CCNS(=O)(=O)c1cccc(C(=O)NC2(CC(=O)O)CCOCC2)c1. The van der Waals surface area contributed by atoms with Crippen LogP contribution in [0.2, 0.25) is 0 Å². The van der Waals surface area contributed by atoms with Gasteiger partial charge in [-0.1, -0.05) is 12.0 Å². The van der Waals surface area contributed by atoms with Gasteiger partial charge in [0.2, 0.25) is 10.0 Å². The lowest BCUT2D eigenvalue weighted by atomic mass is 9.86. The molecule has 26 heavy (non-hydrogen) atoms. The van der Waals surface area contributed by atoms with Crippen molar-refractivity contribution < 1.29 is 27.9 Å². The second kappa shape index (κ2) is 8.31. The van der Waals surface area contributed by atoms with Gasteiger partial charge in [-0.25, -0.2) is 8.42 Å². The number of carbonyl (C=O) groups excluding carboxylic acids is 1. The number of aliphatic carboxylic acids is 1. The first-order valence-electron chi connectivity index (χ1n) is 7.93. The van der Waals surface area contributed by atoms with Crippen LogP contribution < -0.4 is 10.0 Å². The van der Waals surface area contributed by atoms with Crippen molar-refractivity contribution in [2.45, 2.75) is 29.7 Å². The molecule has 0 saturated carbocycles. The van der Waals surface area contributed by atoms with E-state index in [0.717, 1.165) is 0 Å². The Morgan fingerprint density at radius 2 is 2.00 bits per heavy atom. The summed E-state index contributed by atoms with van der Waals surface area (Å²) in [4.78, 5) is 23.7. The van der Waals surface area contributed by atoms with E-state index in [4.69, 9.17) is 16.3 Å². The third-order valence-electron chi connectivity index (χ3n) is 4.09. The first kappa shape index (κ1) is 19.9. The number of amides is 1. The van der Waals surface area contributed by atoms with Crippen LogP contribution in [0.4, 0.5) is 0 Å². The van der Waals surface area contributed by atoms with Crippen LogP contribution in [0.15, 0.2) is 29.2 Å². The smallest absolute Gasteiger partial charge is 0.305 e. The number of nitrogens with one attached hydrogen (secondary N) is 2. The molecule has 9 heteroatoms. The molecule has 0 radical (unpaired) electrons. The summed E-state index contributed by atoms with van der Waals surface area (Å²) >= 11 is 0. The van der Waals surface area contributed by atoms with Crippen molar-refractivity contribution in [3.63, 3.8) is 0 Å². The first-order valence-corrected chi connectivity index (χ1v) is 9.42. The average Bonchev–Trinajstić information content (AvgIpc) is 2.60. The van der Waals surface area contributed by atoms with E-state index in [2.05, 4.69) is 16.0 Å². The van der Waals surface area contributed by atoms with E-state index >= 15 is 0 Å². The zero-order chi connectivity index (χ0) is 19.2. The van der Waals surface area contributed by atoms with E-state index in [-0.39, 0.29) is 23.4 Å². The van der Waals surface area contributed by atoms with Crippen molar-refractivity contribution in [2.24, 2.45) is 0 Å². The fraction of sp³-hybridized carbons (Fsp3) is 0.412. The second-order valence-corrected chi connectivity index (χ2v) is 7.74. The molecule has 1 fully saturated rings. The topological polar surface area (TPSA) is 122 Å². The Kier molecular flexibility index (Phi) is 6.37. The number of carboxylic acid groups (broad SMARTS) is 1. The summed E-state index contributed by atoms with van der Waals surface area (Å²) in [7, 11) is -3.83. The molecule has 8 nitrogen and oxygen atoms in total. The van der Waals surface area contributed by atoms with Crippen LogP contribution in [0.1, 0.15) is 29.6 Å². The molecule has 0 aromatic heterocycles. The number of benzene rings is 1. The van der Waals surface area contributed by atoms with Crippen molar-refractivity contribution in [3.8, 4) is 12.3 Å². The molecule has 3 N–H and O–H groups in total. The number of carboxylic acids is 1. The van der Waals surface area contributed by atoms with Crippen LogP contribution in [0.5, 0.6) is 0 Å². The maximum atomic E-state index is 12.6. The number of rotatable bonds is 7. The first-order chi connectivity index (χ1) is 12.3.